The van der Waals surface area contributed by atoms with Crippen molar-refractivity contribution >= 4 is 0 Å². The smallest absolute Gasteiger partial charge is 0.106 e. The number of nitrogens with zero attached hydrogens (tertiary/aromatic N) is 1. The lowest BCUT2D eigenvalue weighted by Gasteiger charge is -2.45. The summed E-state index contributed by atoms with van der Waals surface area (Å²) >= 11 is 0. The molecular weight excluding hydrogens is 202 g/mol. The van der Waals surface area contributed by atoms with Gasteiger partial charge in [0, 0.05) is 7.11 Å². The molecule has 3 heteroatoms. The van der Waals surface area contributed by atoms with Crippen LogP contribution in [-0.4, -0.2) is 23.9 Å². The van der Waals surface area contributed by atoms with Crippen molar-refractivity contribution in [2.24, 2.45) is 17.3 Å². The number of rotatable bonds is 3. The quantitative estimate of drug-likeness (QED) is 0.797. The Morgan fingerprint density at radius 3 is 2.62 bits per heavy atom. The highest BCUT2D eigenvalue weighted by atomic mass is 16.5. The first-order valence-corrected chi connectivity index (χ1v) is 6.14. The van der Waals surface area contributed by atoms with E-state index in [1.807, 2.05) is 6.92 Å². The Morgan fingerprint density at radius 1 is 1.56 bits per heavy atom. The van der Waals surface area contributed by atoms with Crippen LogP contribution in [0.3, 0.4) is 0 Å². The van der Waals surface area contributed by atoms with Crippen LogP contribution in [0.25, 0.3) is 0 Å². The standard InChI is InChI=1S/C13H21NO2/c1-9(16-3)12(2,15)13(8-14)7-10-4-5-11(13)6-10/h9-11,15H,4-7H2,1-3H3. The number of hydrogen-bond acceptors (Lipinski definition) is 3. The van der Waals surface area contributed by atoms with Gasteiger partial charge in [-0.15, -0.1) is 0 Å². The van der Waals surface area contributed by atoms with Gasteiger partial charge < -0.3 is 9.84 Å². The first-order chi connectivity index (χ1) is 7.48. The fourth-order valence-corrected chi connectivity index (χ4v) is 3.79. The molecule has 0 heterocycles. The van der Waals surface area contributed by atoms with E-state index in [1.165, 1.54) is 6.42 Å². The lowest BCUT2D eigenvalue weighted by atomic mass is 9.62. The van der Waals surface area contributed by atoms with E-state index in [4.69, 9.17) is 4.74 Å². The molecule has 3 nitrogen and oxygen atoms in total. The molecule has 16 heavy (non-hydrogen) atoms. The minimum absolute atomic E-state index is 0.300. The molecule has 5 unspecified atom stereocenters. The molecular formula is C13H21NO2. The highest BCUT2D eigenvalue weighted by Crippen LogP contribution is 2.60. The van der Waals surface area contributed by atoms with Crippen LogP contribution in [0.2, 0.25) is 0 Å². The van der Waals surface area contributed by atoms with Gasteiger partial charge in [0.1, 0.15) is 5.60 Å². The lowest BCUT2D eigenvalue weighted by Crippen LogP contribution is -2.55. The summed E-state index contributed by atoms with van der Waals surface area (Å²) in [6, 6.07) is 2.43. The van der Waals surface area contributed by atoms with Crippen molar-refractivity contribution in [2.75, 3.05) is 7.11 Å². The van der Waals surface area contributed by atoms with E-state index in [0.717, 1.165) is 19.3 Å². The number of ether oxygens (including phenoxy) is 1. The Hall–Kier alpha value is -0.590. The maximum atomic E-state index is 10.7. The molecule has 2 saturated carbocycles. The van der Waals surface area contributed by atoms with Crippen LogP contribution in [0.4, 0.5) is 0 Å². The van der Waals surface area contributed by atoms with Crippen molar-refractivity contribution in [3.05, 3.63) is 0 Å². The van der Waals surface area contributed by atoms with Crippen LogP contribution in [0.15, 0.2) is 0 Å². The average Bonchev–Trinajstić information content (AvgIpc) is 2.87. The molecule has 2 rings (SSSR count). The molecule has 1 N–H and O–H groups in total. The molecule has 2 aliphatic carbocycles. The molecule has 90 valence electrons. The van der Waals surface area contributed by atoms with Crippen LogP contribution < -0.4 is 0 Å². The SMILES string of the molecule is COC(C)C(C)(O)C1(C#N)CC2CCC1C2. The van der Waals surface area contributed by atoms with Crippen molar-refractivity contribution in [1.82, 2.24) is 0 Å². The highest BCUT2D eigenvalue weighted by molar-refractivity contribution is 5.20. The van der Waals surface area contributed by atoms with Gasteiger partial charge in [-0.25, -0.2) is 0 Å². The molecule has 0 aromatic heterocycles. The maximum Gasteiger partial charge on any atom is 0.106 e. The molecule has 0 spiro atoms. The van der Waals surface area contributed by atoms with E-state index in [-0.39, 0.29) is 6.10 Å². The van der Waals surface area contributed by atoms with E-state index in [0.29, 0.717) is 11.8 Å². The molecule has 0 aromatic rings. The van der Waals surface area contributed by atoms with Gasteiger partial charge >= 0.3 is 0 Å². The number of aliphatic hydroxyl groups is 1. The summed E-state index contributed by atoms with van der Waals surface area (Å²) in [6.07, 6.45) is 3.97. The summed E-state index contributed by atoms with van der Waals surface area (Å²) in [5.41, 5.74) is -1.64. The van der Waals surface area contributed by atoms with Crippen LogP contribution >= 0.6 is 0 Å². The van der Waals surface area contributed by atoms with Crippen LogP contribution in [0, 0.1) is 28.6 Å². The minimum atomic E-state index is -1.05. The molecule has 0 aliphatic heterocycles. The second-order valence-corrected chi connectivity index (χ2v) is 5.69. The first kappa shape index (κ1) is 11.9. The summed E-state index contributed by atoms with van der Waals surface area (Å²) in [6.45, 7) is 3.62. The predicted molar refractivity (Wildman–Crippen MR) is 60.6 cm³/mol. The van der Waals surface area contributed by atoms with Gasteiger partial charge in [-0.1, -0.05) is 6.42 Å². The number of methoxy groups -OCH3 is 1. The van der Waals surface area contributed by atoms with E-state index < -0.39 is 11.0 Å². The third-order valence-electron chi connectivity index (χ3n) is 5.10. The maximum absolute atomic E-state index is 10.7. The fraction of sp³-hybridized carbons (Fsp3) is 0.923. The summed E-state index contributed by atoms with van der Waals surface area (Å²) in [7, 11) is 1.59. The predicted octanol–water partition coefficient (Wildman–Crippen LogP) is 2.10. The van der Waals surface area contributed by atoms with Crippen molar-refractivity contribution < 1.29 is 9.84 Å². The fourth-order valence-electron chi connectivity index (χ4n) is 3.79. The molecule has 0 radical (unpaired) electrons. The minimum Gasteiger partial charge on any atom is -0.386 e. The first-order valence-electron chi connectivity index (χ1n) is 6.14. The van der Waals surface area contributed by atoms with Gasteiger partial charge in [0.15, 0.2) is 0 Å². The number of hydrogen-bond donors (Lipinski definition) is 1. The van der Waals surface area contributed by atoms with Crippen molar-refractivity contribution in [1.29, 1.82) is 5.26 Å². The largest absolute Gasteiger partial charge is 0.386 e. The molecule has 5 atom stereocenters. The zero-order valence-electron chi connectivity index (χ0n) is 10.4. The lowest BCUT2D eigenvalue weighted by molar-refractivity contribution is -0.148. The summed E-state index contributed by atoms with van der Waals surface area (Å²) in [5.74, 6) is 0.996. The molecule has 0 saturated heterocycles. The zero-order valence-corrected chi connectivity index (χ0v) is 10.4. The van der Waals surface area contributed by atoms with Crippen molar-refractivity contribution in [3.63, 3.8) is 0 Å². The third kappa shape index (κ3) is 1.33. The normalized spacial score (nSPS) is 42.7. The van der Waals surface area contributed by atoms with E-state index in [9.17, 15) is 10.4 Å². The Balaban J connectivity index is 2.33. The van der Waals surface area contributed by atoms with Crippen molar-refractivity contribution in [2.45, 2.75) is 51.2 Å². The average molecular weight is 223 g/mol. The Kier molecular flexibility index (Phi) is 2.76. The van der Waals surface area contributed by atoms with Gasteiger partial charge in [0.2, 0.25) is 0 Å². The molecule has 0 aromatic carbocycles. The Bertz CT molecular complexity index is 320. The van der Waals surface area contributed by atoms with Crippen LogP contribution in [0.1, 0.15) is 39.5 Å². The van der Waals surface area contributed by atoms with E-state index in [1.54, 1.807) is 14.0 Å². The number of nitriles is 1. The Morgan fingerprint density at radius 2 is 2.25 bits per heavy atom. The topological polar surface area (TPSA) is 53.2 Å². The number of fused-ring (bicyclic) bond motifs is 2. The second-order valence-electron chi connectivity index (χ2n) is 5.69. The summed E-state index contributed by atoms with van der Waals surface area (Å²) in [5, 5.41) is 20.3. The molecule has 2 fully saturated rings. The summed E-state index contributed by atoms with van der Waals surface area (Å²) < 4.78 is 5.26. The Labute approximate surface area is 97.4 Å². The second kappa shape index (κ2) is 3.72. The molecule has 0 amide bonds. The zero-order chi connectivity index (χ0) is 12.0. The van der Waals surface area contributed by atoms with Crippen molar-refractivity contribution in [3.8, 4) is 6.07 Å². The monoisotopic (exact) mass is 223 g/mol. The third-order valence-corrected chi connectivity index (χ3v) is 5.10. The van der Waals surface area contributed by atoms with Gasteiger partial charge in [-0.3, -0.25) is 0 Å². The van der Waals surface area contributed by atoms with Gasteiger partial charge in [-0.05, 0) is 44.9 Å². The van der Waals surface area contributed by atoms with Gasteiger partial charge in [-0.2, -0.15) is 5.26 Å². The highest BCUT2D eigenvalue weighted by Gasteiger charge is 2.62. The van der Waals surface area contributed by atoms with Gasteiger partial charge in [0.25, 0.3) is 0 Å². The molecule has 2 bridgehead atoms. The van der Waals surface area contributed by atoms with Crippen LogP contribution in [-0.2, 0) is 4.74 Å². The molecule has 2 aliphatic rings. The summed E-state index contributed by atoms with van der Waals surface area (Å²) in [4.78, 5) is 0. The van der Waals surface area contributed by atoms with E-state index >= 15 is 0 Å². The van der Waals surface area contributed by atoms with Gasteiger partial charge in [0.05, 0.1) is 17.6 Å². The van der Waals surface area contributed by atoms with Crippen LogP contribution in [0.5, 0.6) is 0 Å². The van der Waals surface area contributed by atoms with E-state index in [2.05, 4.69) is 6.07 Å².